The van der Waals surface area contributed by atoms with Gasteiger partial charge in [-0.25, -0.2) is 4.98 Å². The molecule has 0 unspecified atom stereocenters. The van der Waals surface area contributed by atoms with Gasteiger partial charge in [0.1, 0.15) is 5.82 Å². The lowest BCUT2D eigenvalue weighted by Crippen LogP contribution is -2.19. The summed E-state index contributed by atoms with van der Waals surface area (Å²) in [7, 11) is 0. The lowest BCUT2D eigenvalue weighted by molar-refractivity contribution is -0.115. The fourth-order valence-electron chi connectivity index (χ4n) is 2.62. The normalized spacial score (nSPS) is 12.9. The van der Waals surface area contributed by atoms with E-state index in [4.69, 9.17) is 5.73 Å². The molecule has 0 saturated carbocycles. The lowest BCUT2D eigenvalue weighted by atomic mass is 10.1. The molecule has 130 valence electrons. The first-order chi connectivity index (χ1) is 10.7. The van der Waals surface area contributed by atoms with E-state index in [1.807, 2.05) is 24.3 Å². The maximum absolute atomic E-state index is 12.0. The molecule has 2 aromatic rings. The fraction of sp³-hybridized carbons (Fsp3) is 0.294. The molecule has 3 rings (SSSR count). The van der Waals surface area contributed by atoms with Crippen molar-refractivity contribution in [3.8, 4) is 0 Å². The molecule has 24 heavy (non-hydrogen) atoms. The molecule has 0 bridgehead atoms. The molecule has 1 amide bonds. The van der Waals surface area contributed by atoms with Crippen molar-refractivity contribution in [2.75, 3.05) is 29.0 Å². The van der Waals surface area contributed by atoms with Crippen molar-refractivity contribution in [1.29, 1.82) is 0 Å². The molecule has 1 aromatic carbocycles. The van der Waals surface area contributed by atoms with Gasteiger partial charge >= 0.3 is 0 Å². The average Bonchev–Trinajstić information content (AvgIpc) is 3.05. The van der Waals surface area contributed by atoms with Gasteiger partial charge in [-0.05, 0) is 42.7 Å². The van der Waals surface area contributed by atoms with Gasteiger partial charge in [-0.1, -0.05) is 12.1 Å². The van der Waals surface area contributed by atoms with Crippen molar-refractivity contribution >= 4 is 47.9 Å². The monoisotopic (exact) mass is 368 g/mol. The van der Waals surface area contributed by atoms with E-state index >= 15 is 0 Å². The summed E-state index contributed by atoms with van der Waals surface area (Å²) < 4.78 is 0. The summed E-state index contributed by atoms with van der Waals surface area (Å²) in [6.45, 7) is 2.13. The third kappa shape index (κ3) is 5.28. The number of halogens is 2. The van der Waals surface area contributed by atoms with Crippen LogP contribution in [0, 0.1) is 0 Å². The van der Waals surface area contributed by atoms with Gasteiger partial charge in [-0.3, -0.25) is 4.79 Å². The Balaban J connectivity index is 0.00000144. The van der Waals surface area contributed by atoms with E-state index in [9.17, 15) is 4.79 Å². The summed E-state index contributed by atoms with van der Waals surface area (Å²) in [5, 5.41) is 2.87. The minimum Gasteiger partial charge on any atom is -0.399 e. The number of nitrogen functional groups attached to an aromatic ring is 1. The van der Waals surface area contributed by atoms with Crippen LogP contribution in [-0.2, 0) is 11.2 Å². The van der Waals surface area contributed by atoms with Gasteiger partial charge in [-0.15, -0.1) is 24.8 Å². The van der Waals surface area contributed by atoms with E-state index in [-0.39, 0.29) is 30.7 Å². The van der Waals surface area contributed by atoms with Gasteiger partial charge < -0.3 is 16.0 Å². The second-order valence-corrected chi connectivity index (χ2v) is 5.57. The molecule has 1 aliphatic heterocycles. The Hall–Kier alpha value is -1.98. The van der Waals surface area contributed by atoms with Crippen LogP contribution in [0.1, 0.15) is 18.4 Å². The molecule has 7 heteroatoms. The highest BCUT2D eigenvalue weighted by atomic mass is 35.5. The number of nitrogens with one attached hydrogen (secondary N) is 1. The molecular formula is C17H22Cl2N4O. The number of rotatable bonds is 4. The number of benzene rings is 1. The van der Waals surface area contributed by atoms with E-state index in [1.54, 1.807) is 18.3 Å². The Kier molecular flexibility index (Phi) is 7.82. The zero-order valence-electron chi connectivity index (χ0n) is 13.3. The molecule has 0 spiro atoms. The van der Waals surface area contributed by atoms with Crippen LogP contribution in [0.15, 0.2) is 42.6 Å². The number of hydrogen-bond acceptors (Lipinski definition) is 4. The summed E-state index contributed by atoms with van der Waals surface area (Å²) in [5.41, 5.74) is 8.00. The van der Waals surface area contributed by atoms with Gasteiger partial charge in [0.05, 0.1) is 18.3 Å². The van der Waals surface area contributed by atoms with E-state index in [0.29, 0.717) is 12.1 Å². The van der Waals surface area contributed by atoms with Crippen LogP contribution in [0.4, 0.5) is 17.2 Å². The Bertz CT molecular complexity index is 641. The number of pyridine rings is 1. The maximum Gasteiger partial charge on any atom is 0.228 e. The van der Waals surface area contributed by atoms with Gasteiger partial charge in [-0.2, -0.15) is 0 Å². The Labute approximate surface area is 154 Å². The molecule has 2 heterocycles. The van der Waals surface area contributed by atoms with Crippen molar-refractivity contribution in [2.45, 2.75) is 19.3 Å². The number of nitrogens with two attached hydrogens (primary N) is 1. The zero-order chi connectivity index (χ0) is 15.4. The quantitative estimate of drug-likeness (QED) is 0.812. The first-order valence-corrected chi connectivity index (χ1v) is 7.56. The SMILES string of the molecule is Cl.Cl.Nc1ccc(CC(=O)Nc2ccc(N3CCCC3)nc2)cc1. The van der Waals surface area contributed by atoms with Crippen molar-refractivity contribution in [3.05, 3.63) is 48.2 Å². The van der Waals surface area contributed by atoms with E-state index in [0.717, 1.165) is 30.2 Å². The number of amides is 1. The minimum absolute atomic E-state index is 0. The standard InChI is InChI=1S/C17H20N4O.2ClH/c18-14-5-3-13(4-6-14)11-17(22)20-15-7-8-16(19-12-15)21-9-1-2-10-21;;/h3-8,12H,1-2,9-11,18H2,(H,20,22);2*1H. The van der Waals surface area contributed by atoms with E-state index in [2.05, 4.69) is 15.2 Å². The van der Waals surface area contributed by atoms with E-state index < -0.39 is 0 Å². The summed E-state index contributed by atoms with van der Waals surface area (Å²) >= 11 is 0. The molecular weight excluding hydrogens is 347 g/mol. The number of nitrogens with zero attached hydrogens (tertiary/aromatic N) is 2. The second-order valence-electron chi connectivity index (χ2n) is 5.57. The molecule has 5 nitrogen and oxygen atoms in total. The highest BCUT2D eigenvalue weighted by Crippen LogP contribution is 2.19. The Morgan fingerprint density at radius 1 is 1.08 bits per heavy atom. The van der Waals surface area contributed by atoms with Crippen molar-refractivity contribution in [3.63, 3.8) is 0 Å². The van der Waals surface area contributed by atoms with Crippen LogP contribution in [0.2, 0.25) is 0 Å². The first-order valence-electron chi connectivity index (χ1n) is 7.56. The number of aromatic nitrogens is 1. The third-order valence-corrected chi connectivity index (χ3v) is 3.81. The second kappa shape index (κ2) is 9.35. The van der Waals surface area contributed by atoms with E-state index in [1.165, 1.54) is 12.8 Å². The van der Waals surface area contributed by atoms with Crippen molar-refractivity contribution in [1.82, 2.24) is 4.98 Å². The van der Waals surface area contributed by atoms with Crippen LogP contribution in [-0.4, -0.2) is 24.0 Å². The molecule has 3 N–H and O–H groups in total. The summed E-state index contributed by atoms with van der Waals surface area (Å²) in [6, 6.07) is 11.2. The summed E-state index contributed by atoms with van der Waals surface area (Å²) in [5.74, 6) is 0.925. The van der Waals surface area contributed by atoms with Gasteiger partial charge in [0.2, 0.25) is 5.91 Å². The molecule has 1 fully saturated rings. The summed E-state index contributed by atoms with van der Waals surface area (Å²) in [6.07, 6.45) is 4.49. The lowest BCUT2D eigenvalue weighted by Gasteiger charge is -2.16. The predicted octanol–water partition coefficient (Wildman–Crippen LogP) is 3.29. The van der Waals surface area contributed by atoms with Crippen LogP contribution in [0.25, 0.3) is 0 Å². The summed E-state index contributed by atoms with van der Waals surface area (Å²) in [4.78, 5) is 18.7. The van der Waals surface area contributed by atoms with Crippen LogP contribution in [0.3, 0.4) is 0 Å². The van der Waals surface area contributed by atoms with Crippen LogP contribution < -0.4 is 16.0 Å². The van der Waals surface area contributed by atoms with Crippen LogP contribution >= 0.6 is 24.8 Å². The number of hydrogen-bond donors (Lipinski definition) is 2. The molecule has 0 aliphatic carbocycles. The Morgan fingerprint density at radius 3 is 2.33 bits per heavy atom. The van der Waals surface area contributed by atoms with Crippen molar-refractivity contribution in [2.24, 2.45) is 0 Å². The zero-order valence-corrected chi connectivity index (χ0v) is 14.9. The topological polar surface area (TPSA) is 71.2 Å². The van der Waals surface area contributed by atoms with Crippen molar-refractivity contribution < 1.29 is 4.79 Å². The molecule has 1 saturated heterocycles. The molecule has 0 atom stereocenters. The Morgan fingerprint density at radius 2 is 1.75 bits per heavy atom. The van der Waals surface area contributed by atoms with Gasteiger partial charge in [0.25, 0.3) is 0 Å². The molecule has 0 radical (unpaired) electrons. The average molecular weight is 369 g/mol. The third-order valence-electron chi connectivity index (χ3n) is 3.81. The highest BCUT2D eigenvalue weighted by Gasteiger charge is 2.13. The fourth-order valence-corrected chi connectivity index (χ4v) is 2.62. The number of carbonyl (C=O) groups is 1. The van der Waals surface area contributed by atoms with Crippen LogP contribution in [0.5, 0.6) is 0 Å². The number of anilines is 3. The highest BCUT2D eigenvalue weighted by molar-refractivity contribution is 5.92. The maximum atomic E-state index is 12.0. The molecule has 1 aromatic heterocycles. The first kappa shape index (κ1) is 20.1. The minimum atomic E-state index is -0.0551. The molecule has 1 aliphatic rings. The predicted molar refractivity (Wildman–Crippen MR) is 103 cm³/mol. The largest absolute Gasteiger partial charge is 0.399 e. The number of carbonyl (C=O) groups excluding carboxylic acids is 1. The van der Waals surface area contributed by atoms with Gasteiger partial charge in [0, 0.05) is 18.8 Å². The smallest absolute Gasteiger partial charge is 0.228 e. The van der Waals surface area contributed by atoms with Gasteiger partial charge in [0.15, 0.2) is 0 Å².